The molecule has 2 aromatic carbocycles. The number of ether oxygens (including phenoxy) is 1. The Labute approximate surface area is 181 Å². The summed E-state index contributed by atoms with van der Waals surface area (Å²) in [6.07, 6.45) is 2.30. The summed E-state index contributed by atoms with van der Waals surface area (Å²) in [5.41, 5.74) is 2.49. The van der Waals surface area contributed by atoms with Crippen molar-refractivity contribution in [3.63, 3.8) is 0 Å². The number of hydrogen-bond donors (Lipinski definition) is 1. The van der Waals surface area contributed by atoms with E-state index in [1.165, 1.54) is 11.8 Å². The molecular formula is C23H26N4O2S. The van der Waals surface area contributed by atoms with Gasteiger partial charge >= 0.3 is 0 Å². The number of para-hydroxylation sites is 2. The van der Waals surface area contributed by atoms with Crippen LogP contribution in [0.1, 0.15) is 19.8 Å². The molecule has 1 saturated heterocycles. The molecule has 0 aliphatic carbocycles. The molecule has 0 saturated carbocycles. The summed E-state index contributed by atoms with van der Waals surface area (Å²) in [6.45, 7) is 4.24. The van der Waals surface area contributed by atoms with E-state index in [9.17, 15) is 4.79 Å². The molecule has 2 heterocycles. The van der Waals surface area contributed by atoms with E-state index in [4.69, 9.17) is 14.7 Å². The Balaban J connectivity index is 1.50. The van der Waals surface area contributed by atoms with Crippen molar-refractivity contribution in [3.05, 3.63) is 48.5 Å². The van der Waals surface area contributed by atoms with Gasteiger partial charge in [0, 0.05) is 18.8 Å². The number of methoxy groups -OCH3 is 1. The zero-order chi connectivity index (χ0) is 20.9. The number of nitrogens with one attached hydrogen (secondary N) is 1. The average molecular weight is 423 g/mol. The molecule has 0 atom stereocenters. The lowest BCUT2D eigenvalue weighted by molar-refractivity contribution is -0.113. The first kappa shape index (κ1) is 20.5. The van der Waals surface area contributed by atoms with Crippen molar-refractivity contribution in [3.8, 4) is 5.75 Å². The van der Waals surface area contributed by atoms with E-state index in [-0.39, 0.29) is 11.7 Å². The maximum atomic E-state index is 12.5. The number of carbonyl (C=O) groups excluding carboxylic acids is 1. The van der Waals surface area contributed by atoms with Crippen molar-refractivity contribution in [2.75, 3.05) is 36.2 Å². The first-order valence-electron chi connectivity index (χ1n) is 10.2. The Morgan fingerprint density at radius 2 is 1.77 bits per heavy atom. The van der Waals surface area contributed by atoms with Crippen LogP contribution in [-0.2, 0) is 4.79 Å². The smallest absolute Gasteiger partial charge is 0.234 e. The number of benzene rings is 2. The van der Waals surface area contributed by atoms with Crippen molar-refractivity contribution in [2.24, 2.45) is 5.92 Å². The van der Waals surface area contributed by atoms with Crippen LogP contribution in [0.5, 0.6) is 5.75 Å². The predicted octanol–water partition coefficient (Wildman–Crippen LogP) is 4.61. The van der Waals surface area contributed by atoms with Gasteiger partial charge in [0.05, 0.1) is 23.9 Å². The number of fused-ring (bicyclic) bond motifs is 1. The molecule has 1 aliphatic rings. The van der Waals surface area contributed by atoms with Crippen LogP contribution >= 0.6 is 11.8 Å². The number of anilines is 2. The van der Waals surface area contributed by atoms with E-state index in [1.54, 1.807) is 7.11 Å². The Bertz CT molecular complexity index is 1020. The summed E-state index contributed by atoms with van der Waals surface area (Å²) < 4.78 is 5.16. The second kappa shape index (κ2) is 9.34. The molecule has 0 spiro atoms. The van der Waals surface area contributed by atoms with E-state index < -0.39 is 0 Å². The van der Waals surface area contributed by atoms with Gasteiger partial charge in [0.15, 0.2) is 5.82 Å². The third-order valence-electron chi connectivity index (χ3n) is 5.32. The normalized spacial score (nSPS) is 14.7. The SMILES string of the molecule is COc1ccc(NC(=O)CSc2nc3ccccc3nc2N2CCC(C)CC2)cc1. The molecule has 30 heavy (non-hydrogen) atoms. The van der Waals surface area contributed by atoms with Crippen LogP contribution in [0.25, 0.3) is 11.0 Å². The van der Waals surface area contributed by atoms with Gasteiger partial charge in [-0.1, -0.05) is 30.8 Å². The first-order valence-corrected chi connectivity index (χ1v) is 11.2. The monoisotopic (exact) mass is 422 g/mol. The van der Waals surface area contributed by atoms with Crippen LogP contribution in [0.2, 0.25) is 0 Å². The van der Waals surface area contributed by atoms with Gasteiger partial charge in [-0.3, -0.25) is 4.79 Å². The molecule has 1 N–H and O–H groups in total. The number of nitrogens with zero attached hydrogens (tertiary/aromatic N) is 3. The molecule has 7 heteroatoms. The summed E-state index contributed by atoms with van der Waals surface area (Å²) in [5.74, 6) is 2.59. The number of aromatic nitrogens is 2. The molecule has 0 bridgehead atoms. The molecule has 1 aromatic heterocycles. The van der Waals surface area contributed by atoms with Gasteiger partial charge in [0.2, 0.25) is 5.91 Å². The standard InChI is InChI=1S/C23H26N4O2S/c1-16-11-13-27(14-12-16)22-23(26-20-6-4-3-5-19(20)25-22)30-15-21(28)24-17-7-9-18(29-2)10-8-17/h3-10,16H,11-15H2,1-2H3,(H,24,28). The van der Waals surface area contributed by atoms with Crippen LogP contribution in [0.15, 0.2) is 53.6 Å². The third kappa shape index (κ3) is 4.84. The van der Waals surface area contributed by atoms with Gasteiger partial charge in [0.25, 0.3) is 0 Å². The molecule has 1 fully saturated rings. The number of amides is 1. The Morgan fingerprint density at radius 1 is 1.10 bits per heavy atom. The minimum absolute atomic E-state index is 0.0710. The van der Waals surface area contributed by atoms with Gasteiger partial charge in [-0.05, 0) is 55.2 Å². The molecule has 0 radical (unpaired) electrons. The first-order chi connectivity index (χ1) is 14.6. The highest BCUT2D eigenvalue weighted by Crippen LogP contribution is 2.31. The quantitative estimate of drug-likeness (QED) is 0.586. The maximum Gasteiger partial charge on any atom is 0.234 e. The largest absolute Gasteiger partial charge is 0.497 e. The van der Waals surface area contributed by atoms with E-state index in [1.807, 2.05) is 48.5 Å². The number of rotatable bonds is 6. The van der Waals surface area contributed by atoms with Crippen LogP contribution in [-0.4, -0.2) is 41.8 Å². The van der Waals surface area contributed by atoms with Gasteiger partial charge < -0.3 is 15.0 Å². The van der Waals surface area contributed by atoms with Gasteiger partial charge in [-0.25, -0.2) is 9.97 Å². The molecule has 4 rings (SSSR count). The molecule has 1 amide bonds. The number of carbonyl (C=O) groups is 1. The molecule has 0 unspecified atom stereocenters. The molecule has 156 valence electrons. The lowest BCUT2D eigenvalue weighted by Gasteiger charge is -2.32. The van der Waals surface area contributed by atoms with Crippen LogP contribution in [0, 0.1) is 5.92 Å². The Morgan fingerprint density at radius 3 is 2.43 bits per heavy atom. The van der Waals surface area contributed by atoms with Crippen molar-refractivity contribution >= 4 is 40.2 Å². The average Bonchev–Trinajstić information content (AvgIpc) is 2.78. The van der Waals surface area contributed by atoms with E-state index >= 15 is 0 Å². The van der Waals surface area contributed by atoms with E-state index in [0.717, 1.165) is 65.2 Å². The predicted molar refractivity (Wildman–Crippen MR) is 122 cm³/mol. The maximum absolute atomic E-state index is 12.5. The minimum atomic E-state index is -0.0710. The minimum Gasteiger partial charge on any atom is -0.497 e. The topological polar surface area (TPSA) is 67.3 Å². The number of thioether (sulfide) groups is 1. The second-order valence-corrected chi connectivity index (χ2v) is 8.54. The van der Waals surface area contributed by atoms with E-state index in [0.29, 0.717) is 0 Å². The van der Waals surface area contributed by atoms with Gasteiger partial charge in [0.1, 0.15) is 10.8 Å². The van der Waals surface area contributed by atoms with E-state index in [2.05, 4.69) is 17.1 Å². The second-order valence-electron chi connectivity index (χ2n) is 7.58. The fourth-order valence-electron chi connectivity index (χ4n) is 3.50. The zero-order valence-corrected chi connectivity index (χ0v) is 18.1. The van der Waals surface area contributed by atoms with Crippen molar-refractivity contribution in [2.45, 2.75) is 24.8 Å². The number of hydrogen-bond acceptors (Lipinski definition) is 6. The summed E-state index contributed by atoms with van der Waals surface area (Å²) in [6, 6.07) is 15.2. The summed E-state index contributed by atoms with van der Waals surface area (Å²) in [4.78, 5) is 24.6. The number of piperidine rings is 1. The molecule has 6 nitrogen and oxygen atoms in total. The lowest BCUT2D eigenvalue weighted by Crippen LogP contribution is -2.34. The fourth-order valence-corrected chi connectivity index (χ4v) is 4.31. The van der Waals surface area contributed by atoms with Gasteiger partial charge in [-0.15, -0.1) is 0 Å². The lowest BCUT2D eigenvalue weighted by atomic mass is 9.99. The molecule has 3 aromatic rings. The van der Waals surface area contributed by atoms with Gasteiger partial charge in [-0.2, -0.15) is 0 Å². The zero-order valence-electron chi connectivity index (χ0n) is 17.3. The van der Waals surface area contributed by atoms with Crippen molar-refractivity contribution < 1.29 is 9.53 Å². The highest BCUT2D eigenvalue weighted by atomic mass is 32.2. The highest BCUT2D eigenvalue weighted by Gasteiger charge is 2.22. The molecular weight excluding hydrogens is 396 g/mol. The third-order valence-corrected chi connectivity index (χ3v) is 6.27. The summed E-state index contributed by atoms with van der Waals surface area (Å²) in [5, 5.41) is 3.74. The van der Waals surface area contributed by atoms with Crippen molar-refractivity contribution in [1.82, 2.24) is 9.97 Å². The Hall–Kier alpha value is -2.80. The summed E-state index contributed by atoms with van der Waals surface area (Å²) >= 11 is 1.44. The van der Waals surface area contributed by atoms with Crippen LogP contribution in [0.3, 0.4) is 0 Å². The van der Waals surface area contributed by atoms with Crippen LogP contribution < -0.4 is 15.0 Å². The fraction of sp³-hybridized carbons (Fsp3) is 0.348. The Kier molecular flexibility index (Phi) is 6.38. The van der Waals surface area contributed by atoms with Crippen molar-refractivity contribution in [1.29, 1.82) is 0 Å². The molecule has 1 aliphatic heterocycles. The summed E-state index contributed by atoms with van der Waals surface area (Å²) in [7, 11) is 1.62. The highest BCUT2D eigenvalue weighted by molar-refractivity contribution is 8.00. The van der Waals surface area contributed by atoms with Crippen LogP contribution in [0.4, 0.5) is 11.5 Å².